The highest BCUT2D eigenvalue weighted by Gasteiger charge is 2.44. The van der Waals surface area contributed by atoms with Crippen molar-refractivity contribution in [2.24, 2.45) is 0 Å². The standard InChI is InChI=1S/C16H23NO4/c1-2-20-15(18)14(16(19)8-10-17-11-9-16)21-12-13-6-4-3-5-7-13/h3-7,14,17,19H,2,8-12H2,1H3. The van der Waals surface area contributed by atoms with Crippen LogP contribution < -0.4 is 5.32 Å². The number of carbonyl (C=O) groups excluding carboxylic acids is 1. The zero-order valence-electron chi connectivity index (χ0n) is 12.4. The van der Waals surface area contributed by atoms with Crippen LogP contribution in [0.2, 0.25) is 0 Å². The first kappa shape index (κ1) is 15.9. The number of aliphatic hydroxyl groups is 1. The van der Waals surface area contributed by atoms with Crippen LogP contribution in [0.15, 0.2) is 30.3 Å². The molecule has 1 fully saturated rings. The second-order valence-corrected chi connectivity index (χ2v) is 5.28. The Balaban J connectivity index is 2.06. The normalized spacial score (nSPS) is 19.0. The number of carbonyl (C=O) groups is 1. The van der Waals surface area contributed by atoms with Gasteiger partial charge in [-0.3, -0.25) is 0 Å². The maximum atomic E-state index is 12.1. The van der Waals surface area contributed by atoms with E-state index in [1.54, 1.807) is 6.92 Å². The van der Waals surface area contributed by atoms with Gasteiger partial charge in [-0.1, -0.05) is 30.3 Å². The highest BCUT2D eigenvalue weighted by molar-refractivity contribution is 5.76. The van der Waals surface area contributed by atoms with E-state index in [0.717, 1.165) is 5.56 Å². The van der Waals surface area contributed by atoms with Crippen LogP contribution in [0.5, 0.6) is 0 Å². The van der Waals surface area contributed by atoms with Crippen molar-refractivity contribution in [2.45, 2.75) is 38.1 Å². The van der Waals surface area contributed by atoms with E-state index < -0.39 is 17.7 Å². The Morgan fingerprint density at radius 1 is 1.33 bits per heavy atom. The molecule has 0 bridgehead atoms. The Bertz CT molecular complexity index is 443. The summed E-state index contributed by atoms with van der Waals surface area (Å²) >= 11 is 0. The van der Waals surface area contributed by atoms with Crippen molar-refractivity contribution in [1.29, 1.82) is 0 Å². The molecule has 1 aromatic rings. The maximum Gasteiger partial charge on any atom is 0.338 e. The average Bonchev–Trinajstić information content (AvgIpc) is 2.49. The smallest absolute Gasteiger partial charge is 0.338 e. The van der Waals surface area contributed by atoms with Crippen LogP contribution in [0.4, 0.5) is 0 Å². The van der Waals surface area contributed by atoms with Gasteiger partial charge in [-0.2, -0.15) is 0 Å². The lowest BCUT2D eigenvalue weighted by Gasteiger charge is -2.37. The van der Waals surface area contributed by atoms with Crippen molar-refractivity contribution in [3.8, 4) is 0 Å². The number of piperidine rings is 1. The molecule has 2 N–H and O–H groups in total. The number of benzene rings is 1. The fourth-order valence-electron chi connectivity index (χ4n) is 2.54. The van der Waals surface area contributed by atoms with Crippen LogP contribution in [0.1, 0.15) is 25.3 Å². The van der Waals surface area contributed by atoms with E-state index in [1.807, 2.05) is 30.3 Å². The second kappa shape index (κ2) is 7.54. The van der Waals surface area contributed by atoms with Gasteiger partial charge in [0.15, 0.2) is 6.10 Å². The van der Waals surface area contributed by atoms with Crippen molar-refractivity contribution >= 4 is 5.97 Å². The molecule has 0 radical (unpaired) electrons. The fourth-order valence-corrected chi connectivity index (χ4v) is 2.54. The molecule has 1 atom stereocenters. The molecular formula is C16H23NO4. The third kappa shape index (κ3) is 4.27. The summed E-state index contributed by atoms with van der Waals surface area (Å²) in [5.41, 5.74) is -0.198. The number of rotatable bonds is 6. The summed E-state index contributed by atoms with van der Waals surface area (Å²) in [5.74, 6) is -0.488. The molecule has 1 heterocycles. The molecule has 116 valence electrons. The van der Waals surface area contributed by atoms with Gasteiger partial charge in [0.1, 0.15) is 5.60 Å². The molecule has 1 saturated heterocycles. The van der Waals surface area contributed by atoms with E-state index in [9.17, 15) is 9.90 Å². The molecule has 1 aliphatic heterocycles. The average molecular weight is 293 g/mol. The van der Waals surface area contributed by atoms with Crippen LogP contribution in [-0.4, -0.2) is 42.5 Å². The summed E-state index contributed by atoms with van der Waals surface area (Å²) in [6.07, 6.45) is 0.0102. The van der Waals surface area contributed by atoms with E-state index in [4.69, 9.17) is 9.47 Å². The summed E-state index contributed by atoms with van der Waals surface area (Å²) in [5, 5.41) is 13.9. The number of hydrogen-bond acceptors (Lipinski definition) is 5. The van der Waals surface area contributed by atoms with E-state index in [-0.39, 0.29) is 13.2 Å². The van der Waals surface area contributed by atoms with Gasteiger partial charge in [0, 0.05) is 0 Å². The SMILES string of the molecule is CCOC(=O)C(OCc1ccccc1)C1(O)CCNCC1. The monoisotopic (exact) mass is 293 g/mol. The lowest BCUT2D eigenvalue weighted by Crippen LogP contribution is -2.54. The highest BCUT2D eigenvalue weighted by Crippen LogP contribution is 2.26. The van der Waals surface area contributed by atoms with Crippen molar-refractivity contribution in [1.82, 2.24) is 5.32 Å². The first-order valence-electron chi connectivity index (χ1n) is 7.41. The van der Waals surface area contributed by atoms with E-state index in [2.05, 4.69) is 5.32 Å². The van der Waals surface area contributed by atoms with Gasteiger partial charge in [-0.05, 0) is 38.4 Å². The minimum atomic E-state index is -1.16. The zero-order chi connectivity index (χ0) is 15.1. The first-order valence-corrected chi connectivity index (χ1v) is 7.41. The molecular weight excluding hydrogens is 270 g/mol. The molecule has 5 heteroatoms. The second-order valence-electron chi connectivity index (χ2n) is 5.28. The Labute approximate surface area is 125 Å². The number of esters is 1. The van der Waals surface area contributed by atoms with Crippen molar-refractivity contribution in [3.63, 3.8) is 0 Å². The van der Waals surface area contributed by atoms with Gasteiger partial charge in [0.2, 0.25) is 0 Å². The largest absolute Gasteiger partial charge is 0.464 e. The van der Waals surface area contributed by atoms with Crippen LogP contribution in [0.3, 0.4) is 0 Å². The number of nitrogens with one attached hydrogen (secondary N) is 1. The maximum absolute atomic E-state index is 12.1. The summed E-state index contributed by atoms with van der Waals surface area (Å²) in [6, 6.07) is 9.60. The van der Waals surface area contributed by atoms with Gasteiger partial charge in [0.25, 0.3) is 0 Å². The zero-order valence-corrected chi connectivity index (χ0v) is 12.4. The van der Waals surface area contributed by atoms with Crippen LogP contribution in [0.25, 0.3) is 0 Å². The Morgan fingerprint density at radius 3 is 2.62 bits per heavy atom. The topological polar surface area (TPSA) is 67.8 Å². The molecule has 0 spiro atoms. The van der Waals surface area contributed by atoms with E-state index in [0.29, 0.717) is 25.9 Å². The summed E-state index contributed by atoms with van der Waals surface area (Å²) < 4.78 is 10.8. The summed E-state index contributed by atoms with van der Waals surface area (Å²) in [6.45, 7) is 3.64. The number of ether oxygens (including phenoxy) is 2. The Kier molecular flexibility index (Phi) is 5.73. The predicted octanol–water partition coefficient (Wildman–Crippen LogP) is 1.25. The van der Waals surface area contributed by atoms with Gasteiger partial charge in [-0.15, -0.1) is 0 Å². The van der Waals surface area contributed by atoms with Crippen LogP contribution >= 0.6 is 0 Å². The Morgan fingerprint density at radius 2 is 2.00 bits per heavy atom. The lowest BCUT2D eigenvalue weighted by atomic mass is 9.86. The molecule has 1 aromatic carbocycles. The molecule has 2 rings (SSSR count). The van der Waals surface area contributed by atoms with Crippen molar-refractivity contribution in [3.05, 3.63) is 35.9 Å². The Hall–Kier alpha value is -1.43. The molecule has 1 aliphatic rings. The molecule has 21 heavy (non-hydrogen) atoms. The van der Waals surface area contributed by atoms with E-state index >= 15 is 0 Å². The minimum absolute atomic E-state index is 0.276. The first-order chi connectivity index (χ1) is 10.2. The third-order valence-corrected chi connectivity index (χ3v) is 3.72. The minimum Gasteiger partial charge on any atom is -0.464 e. The summed E-state index contributed by atoms with van der Waals surface area (Å²) in [7, 11) is 0. The summed E-state index contributed by atoms with van der Waals surface area (Å²) in [4.78, 5) is 12.1. The third-order valence-electron chi connectivity index (χ3n) is 3.72. The molecule has 0 aliphatic carbocycles. The van der Waals surface area contributed by atoms with Crippen LogP contribution in [-0.2, 0) is 20.9 Å². The van der Waals surface area contributed by atoms with Gasteiger partial charge in [0.05, 0.1) is 13.2 Å². The molecule has 0 amide bonds. The van der Waals surface area contributed by atoms with Gasteiger partial charge >= 0.3 is 5.97 Å². The van der Waals surface area contributed by atoms with Gasteiger partial charge in [-0.25, -0.2) is 4.79 Å². The molecule has 0 saturated carbocycles. The quantitative estimate of drug-likeness (QED) is 0.773. The number of hydrogen-bond donors (Lipinski definition) is 2. The lowest BCUT2D eigenvalue weighted by molar-refractivity contribution is -0.183. The fraction of sp³-hybridized carbons (Fsp3) is 0.562. The van der Waals surface area contributed by atoms with Gasteiger partial charge < -0.3 is 19.9 Å². The molecule has 5 nitrogen and oxygen atoms in total. The van der Waals surface area contributed by atoms with Crippen molar-refractivity contribution in [2.75, 3.05) is 19.7 Å². The van der Waals surface area contributed by atoms with Crippen LogP contribution in [0, 0.1) is 0 Å². The van der Waals surface area contributed by atoms with E-state index in [1.165, 1.54) is 0 Å². The molecule has 1 unspecified atom stereocenters. The molecule has 0 aromatic heterocycles. The highest BCUT2D eigenvalue weighted by atomic mass is 16.6. The predicted molar refractivity (Wildman–Crippen MR) is 78.7 cm³/mol. The van der Waals surface area contributed by atoms with Crippen molar-refractivity contribution < 1.29 is 19.4 Å².